The van der Waals surface area contributed by atoms with E-state index in [0.29, 0.717) is 24.1 Å². The highest BCUT2D eigenvalue weighted by Gasteiger charge is 2.09. The van der Waals surface area contributed by atoms with Crippen molar-refractivity contribution in [3.05, 3.63) is 11.8 Å². The molecule has 1 aromatic heterocycles. The molecule has 0 saturated carbocycles. The second-order valence-corrected chi connectivity index (χ2v) is 4.74. The van der Waals surface area contributed by atoms with Gasteiger partial charge in [0.25, 0.3) is 0 Å². The van der Waals surface area contributed by atoms with Gasteiger partial charge in [0.1, 0.15) is 5.82 Å². The van der Waals surface area contributed by atoms with Crippen LogP contribution in [0.5, 0.6) is 0 Å². The highest BCUT2D eigenvalue weighted by Crippen LogP contribution is 2.14. The van der Waals surface area contributed by atoms with Crippen LogP contribution in [0.4, 0.5) is 10.6 Å². The average Bonchev–Trinajstić information content (AvgIpc) is 2.35. The van der Waals surface area contributed by atoms with E-state index < -0.39 is 11.9 Å². The number of aromatic nitrogens is 2. The predicted molar refractivity (Wildman–Crippen MR) is 75.3 cm³/mol. The quantitative estimate of drug-likeness (QED) is 0.382. The number of nitrogens with zero attached hydrogens (tertiary/aromatic N) is 2. The Morgan fingerprint density at radius 3 is 2.85 bits per heavy atom. The first-order valence-electron chi connectivity index (χ1n) is 5.82. The summed E-state index contributed by atoms with van der Waals surface area (Å²) in [4.78, 5) is 30.9. The van der Waals surface area contributed by atoms with Crippen LogP contribution in [0.25, 0.3) is 0 Å². The minimum atomic E-state index is -0.558. The van der Waals surface area contributed by atoms with Crippen LogP contribution < -0.4 is 16.4 Å². The fourth-order valence-corrected chi connectivity index (χ4v) is 1.94. The number of ether oxygens (including phenoxy) is 1. The zero-order chi connectivity index (χ0) is 15.0. The van der Waals surface area contributed by atoms with Crippen molar-refractivity contribution in [3.63, 3.8) is 0 Å². The molecule has 4 N–H and O–H groups in total. The number of hydrogen-bond acceptors (Lipinski definition) is 7. The molecule has 0 fully saturated rings. The van der Waals surface area contributed by atoms with Gasteiger partial charge in [0.05, 0.1) is 12.4 Å². The van der Waals surface area contributed by atoms with Crippen LogP contribution in [-0.4, -0.2) is 47.9 Å². The summed E-state index contributed by atoms with van der Waals surface area (Å²) < 4.78 is 4.77. The number of carbonyl (C=O) groups excluding carboxylic acids is 2. The summed E-state index contributed by atoms with van der Waals surface area (Å²) in [7, 11) is 1.52. The van der Waals surface area contributed by atoms with Gasteiger partial charge in [0.15, 0.2) is 5.16 Å². The van der Waals surface area contributed by atoms with E-state index >= 15 is 0 Å². The molecule has 0 radical (unpaired) electrons. The van der Waals surface area contributed by atoms with E-state index in [0.717, 1.165) is 17.5 Å². The SMILES string of the molecule is COCCNC(=O)NC(=O)CSc1nc(C)cc(N)n1. The lowest BCUT2D eigenvalue weighted by molar-refractivity contribution is -0.117. The number of amides is 3. The molecule has 20 heavy (non-hydrogen) atoms. The van der Waals surface area contributed by atoms with E-state index in [-0.39, 0.29) is 5.75 Å². The Bertz CT molecular complexity index is 463. The van der Waals surface area contributed by atoms with Gasteiger partial charge >= 0.3 is 6.03 Å². The number of urea groups is 1. The van der Waals surface area contributed by atoms with Crippen LogP contribution in [-0.2, 0) is 9.53 Å². The maximum atomic E-state index is 11.5. The van der Waals surface area contributed by atoms with Crippen molar-refractivity contribution >= 4 is 29.5 Å². The van der Waals surface area contributed by atoms with Gasteiger partial charge in [-0.1, -0.05) is 11.8 Å². The van der Waals surface area contributed by atoms with Crippen molar-refractivity contribution in [1.82, 2.24) is 20.6 Å². The van der Waals surface area contributed by atoms with Crippen LogP contribution in [0.2, 0.25) is 0 Å². The summed E-state index contributed by atoms with van der Waals surface area (Å²) in [5.74, 6) is -0.0630. The molecule has 0 aliphatic heterocycles. The summed E-state index contributed by atoms with van der Waals surface area (Å²) in [5, 5.41) is 5.06. The van der Waals surface area contributed by atoms with Crippen LogP contribution in [0.15, 0.2) is 11.2 Å². The van der Waals surface area contributed by atoms with E-state index in [9.17, 15) is 9.59 Å². The minimum absolute atomic E-state index is 0.0284. The molecule has 0 aliphatic carbocycles. The van der Waals surface area contributed by atoms with Crippen molar-refractivity contribution < 1.29 is 14.3 Å². The molecule has 0 spiro atoms. The Morgan fingerprint density at radius 2 is 2.20 bits per heavy atom. The number of nitrogens with two attached hydrogens (primary N) is 1. The molecule has 9 heteroatoms. The van der Waals surface area contributed by atoms with Gasteiger partial charge in [-0.05, 0) is 6.92 Å². The van der Waals surface area contributed by atoms with Crippen molar-refractivity contribution in [2.45, 2.75) is 12.1 Å². The topological polar surface area (TPSA) is 119 Å². The first-order valence-corrected chi connectivity index (χ1v) is 6.80. The normalized spacial score (nSPS) is 10.1. The number of carbonyl (C=O) groups is 2. The van der Waals surface area contributed by atoms with Crippen molar-refractivity contribution in [2.24, 2.45) is 0 Å². The summed E-state index contributed by atoms with van der Waals surface area (Å²) in [6.45, 7) is 2.50. The van der Waals surface area contributed by atoms with Crippen LogP contribution in [0.3, 0.4) is 0 Å². The summed E-state index contributed by atoms with van der Waals surface area (Å²) in [5.41, 5.74) is 6.29. The number of imide groups is 1. The molecule has 0 aliphatic rings. The van der Waals surface area contributed by atoms with E-state index in [1.54, 1.807) is 13.0 Å². The molecule has 8 nitrogen and oxygen atoms in total. The summed E-state index contributed by atoms with van der Waals surface area (Å²) >= 11 is 1.11. The number of anilines is 1. The number of aryl methyl sites for hydroxylation is 1. The van der Waals surface area contributed by atoms with Gasteiger partial charge in [0, 0.05) is 25.4 Å². The number of rotatable bonds is 6. The summed E-state index contributed by atoms with van der Waals surface area (Å²) in [6.07, 6.45) is 0. The molecule has 1 heterocycles. The average molecular weight is 299 g/mol. The lowest BCUT2D eigenvalue weighted by Crippen LogP contribution is -2.41. The molecular formula is C11H17N5O3S. The number of nitrogen functional groups attached to an aromatic ring is 1. The van der Waals surface area contributed by atoms with E-state index in [4.69, 9.17) is 10.5 Å². The third kappa shape index (κ3) is 6.34. The molecular weight excluding hydrogens is 282 g/mol. The lowest BCUT2D eigenvalue weighted by atomic mass is 10.4. The Balaban J connectivity index is 2.34. The number of hydrogen-bond donors (Lipinski definition) is 3. The second kappa shape index (κ2) is 8.33. The second-order valence-electron chi connectivity index (χ2n) is 3.80. The van der Waals surface area contributed by atoms with Gasteiger partial charge < -0.3 is 15.8 Å². The van der Waals surface area contributed by atoms with E-state index in [1.165, 1.54) is 7.11 Å². The van der Waals surface area contributed by atoms with E-state index in [1.807, 2.05) is 0 Å². The van der Waals surface area contributed by atoms with Crippen LogP contribution >= 0.6 is 11.8 Å². The monoisotopic (exact) mass is 299 g/mol. The zero-order valence-corrected chi connectivity index (χ0v) is 12.1. The van der Waals surface area contributed by atoms with Crippen LogP contribution in [0.1, 0.15) is 5.69 Å². The molecule has 0 unspecified atom stereocenters. The van der Waals surface area contributed by atoms with Gasteiger partial charge in [-0.15, -0.1) is 0 Å². The molecule has 0 aromatic carbocycles. The fourth-order valence-electron chi connectivity index (χ4n) is 1.23. The van der Waals surface area contributed by atoms with Crippen molar-refractivity contribution in [2.75, 3.05) is 31.7 Å². The Hall–Kier alpha value is -1.87. The molecule has 3 amide bonds. The molecule has 0 atom stereocenters. The molecule has 110 valence electrons. The Kier molecular flexibility index (Phi) is 6.74. The number of nitrogens with one attached hydrogen (secondary N) is 2. The van der Waals surface area contributed by atoms with Gasteiger partial charge in [0.2, 0.25) is 5.91 Å². The number of thioether (sulfide) groups is 1. The standard InChI is InChI=1S/C11H17N5O3S/c1-7-5-8(12)15-11(14-7)20-6-9(17)16-10(18)13-3-4-19-2/h5H,3-4,6H2,1-2H3,(H2,12,14,15)(H2,13,16,17,18). The Morgan fingerprint density at radius 1 is 1.45 bits per heavy atom. The highest BCUT2D eigenvalue weighted by molar-refractivity contribution is 7.99. The minimum Gasteiger partial charge on any atom is -0.384 e. The number of methoxy groups -OCH3 is 1. The lowest BCUT2D eigenvalue weighted by Gasteiger charge is -2.06. The molecule has 1 aromatic rings. The smallest absolute Gasteiger partial charge is 0.321 e. The third-order valence-corrected chi connectivity index (χ3v) is 2.88. The maximum absolute atomic E-state index is 11.5. The van der Waals surface area contributed by atoms with Gasteiger partial charge in [-0.3, -0.25) is 10.1 Å². The first-order chi connectivity index (χ1) is 9.51. The molecule has 0 saturated heterocycles. The first kappa shape index (κ1) is 16.2. The molecule has 1 rings (SSSR count). The predicted octanol–water partition coefficient (Wildman–Crippen LogP) is -0.0685. The summed E-state index contributed by atoms with van der Waals surface area (Å²) in [6, 6.07) is 1.07. The fraction of sp³-hybridized carbons (Fsp3) is 0.455. The van der Waals surface area contributed by atoms with Crippen LogP contribution in [0, 0.1) is 6.92 Å². The van der Waals surface area contributed by atoms with E-state index in [2.05, 4.69) is 20.6 Å². The Labute approximate surface area is 120 Å². The largest absolute Gasteiger partial charge is 0.384 e. The zero-order valence-electron chi connectivity index (χ0n) is 11.3. The van der Waals surface area contributed by atoms with Gasteiger partial charge in [-0.2, -0.15) is 0 Å². The van der Waals surface area contributed by atoms with Crippen molar-refractivity contribution in [1.29, 1.82) is 0 Å². The van der Waals surface area contributed by atoms with Crippen molar-refractivity contribution in [3.8, 4) is 0 Å². The maximum Gasteiger partial charge on any atom is 0.321 e. The highest BCUT2D eigenvalue weighted by atomic mass is 32.2. The van der Waals surface area contributed by atoms with Gasteiger partial charge in [-0.25, -0.2) is 14.8 Å². The molecule has 0 bridgehead atoms. The third-order valence-electron chi connectivity index (χ3n) is 2.03.